The van der Waals surface area contributed by atoms with E-state index >= 15 is 0 Å². The fourth-order valence-corrected chi connectivity index (χ4v) is 4.58. The van der Waals surface area contributed by atoms with Crippen LogP contribution in [0.25, 0.3) is 43.1 Å². The molecule has 0 fully saturated rings. The fraction of sp³-hybridized carbons (Fsp3) is 0.154. The summed E-state index contributed by atoms with van der Waals surface area (Å²) < 4.78 is 23.3. The van der Waals surface area contributed by atoms with Crippen LogP contribution in [0.2, 0.25) is 0 Å². The lowest BCUT2D eigenvalue weighted by molar-refractivity contribution is 0.362. The summed E-state index contributed by atoms with van der Waals surface area (Å²) >= 11 is 0. The predicted molar refractivity (Wildman–Crippen MR) is 123 cm³/mol. The molecule has 0 unspecified atom stereocenters. The minimum Gasteiger partial charge on any atom is -0.496 e. The number of methoxy groups -OCH3 is 4. The summed E-state index contributed by atoms with van der Waals surface area (Å²) in [4.78, 5) is 0. The van der Waals surface area contributed by atoms with Gasteiger partial charge in [0.2, 0.25) is 0 Å². The first-order chi connectivity index (χ1) is 14.7. The largest absolute Gasteiger partial charge is 0.496 e. The normalized spacial score (nSPS) is 11.3. The van der Waals surface area contributed by atoms with Crippen molar-refractivity contribution < 1.29 is 18.9 Å². The average molecular weight is 398 g/mol. The van der Waals surface area contributed by atoms with Crippen molar-refractivity contribution in [1.29, 1.82) is 0 Å². The Kier molecular flexibility index (Phi) is 4.28. The van der Waals surface area contributed by atoms with E-state index in [0.29, 0.717) is 11.5 Å². The smallest absolute Gasteiger partial charge is 0.169 e. The van der Waals surface area contributed by atoms with Crippen molar-refractivity contribution in [2.75, 3.05) is 28.4 Å². The number of benzene rings is 5. The lowest BCUT2D eigenvalue weighted by atomic mass is 9.91. The van der Waals surface area contributed by atoms with Crippen LogP contribution in [0.1, 0.15) is 0 Å². The minimum atomic E-state index is 0.710. The average Bonchev–Trinajstić information content (AvgIpc) is 2.81. The highest BCUT2D eigenvalue weighted by Crippen LogP contribution is 2.50. The first-order valence-electron chi connectivity index (χ1n) is 9.76. The van der Waals surface area contributed by atoms with Crippen LogP contribution in [0.3, 0.4) is 0 Å². The maximum atomic E-state index is 5.85. The van der Waals surface area contributed by atoms with Crippen LogP contribution in [0.4, 0.5) is 0 Å². The maximum Gasteiger partial charge on any atom is 0.169 e. The Balaban J connectivity index is 2.23. The first-order valence-corrected chi connectivity index (χ1v) is 9.76. The van der Waals surface area contributed by atoms with Crippen LogP contribution in [0.5, 0.6) is 23.0 Å². The standard InChI is InChI=1S/C26H22O4/c1-27-19-9-5-7-15-11-13-17-23(21(15)19)24-18(26(30-4)25(17)29-3)14-12-16-8-6-10-20(28-2)22(16)24/h5-14H,1-4H3. The zero-order valence-corrected chi connectivity index (χ0v) is 17.4. The van der Waals surface area contributed by atoms with Crippen LogP contribution in [-0.4, -0.2) is 28.4 Å². The molecule has 0 aromatic heterocycles. The highest BCUT2D eigenvalue weighted by Gasteiger charge is 2.22. The quantitative estimate of drug-likeness (QED) is 0.331. The van der Waals surface area contributed by atoms with Gasteiger partial charge in [-0.25, -0.2) is 0 Å². The zero-order valence-electron chi connectivity index (χ0n) is 17.4. The van der Waals surface area contributed by atoms with Gasteiger partial charge in [0.1, 0.15) is 11.5 Å². The van der Waals surface area contributed by atoms with Gasteiger partial charge in [0, 0.05) is 32.3 Å². The lowest BCUT2D eigenvalue weighted by Crippen LogP contribution is -1.96. The van der Waals surface area contributed by atoms with Crippen molar-refractivity contribution in [3.8, 4) is 23.0 Å². The number of ether oxygens (including phenoxy) is 4. The van der Waals surface area contributed by atoms with E-state index in [1.54, 1.807) is 28.4 Å². The number of hydrogen-bond acceptors (Lipinski definition) is 4. The van der Waals surface area contributed by atoms with Crippen LogP contribution >= 0.6 is 0 Å². The van der Waals surface area contributed by atoms with Crippen molar-refractivity contribution in [2.45, 2.75) is 0 Å². The number of hydrogen-bond donors (Lipinski definition) is 0. The molecule has 0 aliphatic heterocycles. The van der Waals surface area contributed by atoms with Crippen molar-refractivity contribution in [1.82, 2.24) is 0 Å². The number of fused-ring (bicyclic) bond motifs is 7. The second kappa shape index (κ2) is 6.99. The Hall–Kier alpha value is -3.66. The van der Waals surface area contributed by atoms with Gasteiger partial charge in [-0.1, -0.05) is 36.4 Å². The Bertz CT molecular complexity index is 1330. The molecule has 30 heavy (non-hydrogen) atoms. The maximum absolute atomic E-state index is 5.85. The molecular formula is C26H22O4. The van der Waals surface area contributed by atoms with Crippen molar-refractivity contribution >= 4 is 43.1 Å². The molecule has 0 saturated carbocycles. The summed E-state index contributed by atoms with van der Waals surface area (Å²) in [7, 11) is 6.76. The lowest BCUT2D eigenvalue weighted by Gasteiger charge is -2.19. The van der Waals surface area contributed by atoms with E-state index in [2.05, 4.69) is 36.4 Å². The molecule has 0 aliphatic rings. The zero-order chi connectivity index (χ0) is 20.8. The van der Waals surface area contributed by atoms with Crippen LogP contribution in [0.15, 0.2) is 60.7 Å². The molecule has 5 aromatic carbocycles. The van der Waals surface area contributed by atoms with E-state index in [4.69, 9.17) is 18.9 Å². The van der Waals surface area contributed by atoms with Gasteiger partial charge in [-0.2, -0.15) is 0 Å². The van der Waals surface area contributed by atoms with Crippen LogP contribution < -0.4 is 18.9 Å². The third-order valence-electron chi connectivity index (χ3n) is 5.81. The molecule has 0 heterocycles. The van der Waals surface area contributed by atoms with Gasteiger partial charge in [0.25, 0.3) is 0 Å². The van der Waals surface area contributed by atoms with Gasteiger partial charge >= 0.3 is 0 Å². The molecule has 150 valence electrons. The van der Waals surface area contributed by atoms with Gasteiger partial charge in [-0.3, -0.25) is 0 Å². The van der Waals surface area contributed by atoms with Crippen molar-refractivity contribution in [3.05, 3.63) is 60.7 Å². The van der Waals surface area contributed by atoms with E-state index in [0.717, 1.165) is 54.6 Å². The van der Waals surface area contributed by atoms with E-state index < -0.39 is 0 Å². The van der Waals surface area contributed by atoms with E-state index in [1.165, 1.54) is 0 Å². The summed E-state index contributed by atoms with van der Waals surface area (Å²) in [5.74, 6) is 3.06. The Labute approximate surface area is 174 Å². The summed E-state index contributed by atoms with van der Waals surface area (Å²) in [6.07, 6.45) is 0. The van der Waals surface area contributed by atoms with Crippen LogP contribution in [-0.2, 0) is 0 Å². The van der Waals surface area contributed by atoms with Gasteiger partial charge in [0.05, 0.1) is 28.4 Å². The topological polar surface area (TPSA) is 36.9 Å². The monoisotopic (exact) mass is 398 g/mol. The molecule has 0 radical (unpaired) electrons. The molecule has 0 spiro atoms. The van der Waals surface area contributed by atoms with Gasteiger partial charge in [-0.15, -0.1) is 0 Å². The molecule has 0 atom stereocenters. The second-order valence-electron chi connectivity index (χ2n) is 7.16. The highest BCUT2D eigenvalue weighted by atomic mass is 16.5. The first kappa shape index (κ1) is 18.4. The van der Waals surface area contributed by atoms with Gasteiger partial charge in [-0.05, 0) is 35.0 Å². The SMILES string of the molecule is COc1c(OC)c2ccc3cccc(OC)c3c2c2c1ccc1cccc(OC)c12. The Morgan fingerprint density at radius 2 is 0.867 bits per heavy atom. The molecule has 5 rings (SSSR count). The van der Waals surface area contributed by atoms with Gasteiger partial charge in [0.15, 0.2) is 11.5 Å². The fourth-order valence-electron chi connectivity index (χ4n) is 4.58. The number of rotatable bonds is 4. The summed E-state index contributed by atoms with van der Waals surface area (Å²) in [6.45, 7) is 0. The molecule has 4 heteroatoms. The highest BCUT2D eigenvalue weighted by molar-refractivity contribution is 6.32. The molecule has 0 aliphatic carbocycles. The summed E-state index contributed by atoms with van der Waals surface area (Å²) in [5.41, 5.74) is 0. The predicted octanol–water partition coefficient (Wildman–Crippen LogP) is 6.33. The molecule has 0 amide bonds. The van der Waals surface area contributed by atoms with Crippen molar-refractivity contribution in [3.63, 3.8) is 0 Å². The molecule has 5 aromatic rings. The third kappa shape index (κ3) is 2.40. The van der Waals surface area contributed by atoms with E-state index in [1.807, 2.05) is 24.3 Å². The summed E-state index contributed by atoms with van der Waals surface area (Å²) in [5, 5.41) is 8.35. The van der Waals surface area contributed by atoms with E-state index in [9.17, 15) is 0 Å². The van der Waals surface area contributed by atoms with Crippen molar-refractivity contribution in [2.24, 2.45) is 0 Å². The molecular weight excluding hydrogens is 376 g/mol. The molecule has 0 bridgehead atoms. The van der Waals surface area contributed by atoms with Crippen LogP contribution in [0, 0.1) is 0 Å². The Morgan fingerprint density at radius 1 is 0.433 bits per heavy atom. The van der Waals surface area contributed by atoms with E-state index in [-0.39, 0.29) is 0 Å². The Morgan fingerprint density at radius 3 is 1.23 bits per heavy atom. The molecule has 4 nitrogen and oxygen atoms in total. The minimum absolute atomic E-state index is 0.710. The molecule has 0 N–H and O–H groups in total. The summed E-state index contributed by atoms with van der Waals surface area (Å²) in [6, 6.07) is 20.6. The second-order valence-corrected chi connectivity index (χ2v) is 7.16. The molecule has 0 saturated heterocycles. The third-order valence-corrected chi connectivity index (χ3v) is 5.81. The van der Waals surface area contributed by atoms with Gasteiger partial charge < -0.3 is 18.9 Å².